The van der Waals surface area contributed by atoms with E-state index in [0.717, 1.165) is 42.2 Å². The zero-order chi connectivity index (χ0) is 16.2. The fourth-order valence-corrected chi connectivity index (χ4v) is 3.23. The molecule has 1 fully saturated rings. The molecule has 4 heteroatoms. The summed E-state index contributed by atoms with van der Waals surface area (Å²) in [5.74, 6) is 0.445. The Hall–Kier alpha value is -2.20. The first kappa shape index (κ1) is 15.7. The second-order valence-corrected chi connectivity index (χ2v) is 6.31. The largest absolute Gasteiger partial charge is 0.404 e. The van der Waals surface area contributed by atoms with Crippen molar-refractivity contribution in [3.8, 4) is 0 Å². The third kappa shape index (κ3) is 3.42. The first-order valence-corrected chi connectivity index (χ1v) is 8.29. The van der Waals surface area contributed by atoms with Gasteiger partial charge in [-0.1, -0.05) is 30.9 Å². The summed E-state index contributed by atoms with van der Waals surface area (Å²) in [6.07, 6.45) is 8.98. The van der Waals surface area contributed by atoms with Gasteiger partial charge in [-0.25, -0.2) is 0 Å². The lowest BCUT2D eigenvalue weighted by Gasteiger charge is -2.30. The Labute approximate surface area is 137 Å². The van der Waals surface area contributed by atoms with Crippen LogP contribution in [0.1, 0.15) is 24.8 Å². The van der Waals surface area contributed by atoms with Crippen molar-refractivity contribution in [2.75, 3.05) is 25.0 Å². The van der Waals surface area contributed by atoms with E-state index in [9.17, 15) is 0 Å². The van der Waals surface area contributed by atoms with Crippen molar-refractivity contribution in [3.05, 3.63) is 52.6 Å². The SMILES string of the molecule is C=C/C=c1/cc(C2C=C(C)NCC2)cc(NC2CNC2)/c1=C/N. The Bertz CT molecular complexity index is 728. The van der Waals surface area contributed by atoms with Crippen LogP contribution in [0, 0.1) is 0 Å². The van der Waals surface area contributed by atoms with Crippen LogP contribution in [0.3, 0.4) is 0 Å². The highest BCUT2D eigenvalue weighted by Crippen LogP contribution is 2.25. The second-order valence-electron chi connectivity index (χ2n) is 6.31. The van der Waals surface area contributed by atoms with Crippen LogP contribution in [0.2, 0.25) is 0 Å². The minimum atomic E-state index is 0.445. The van der Waals surface area contributed by atoms with Crippen molar-refractivity contribution in [3.63, 3.8) is 0 Å². The van der Waals surface area contributed by atoms with E-state index >= 15 is 0 Å². The molecule has 0 aromatic heterocycles. The smallest absolute Gasteiger partial charge is 0.0510 e. The highest BCUT2D eigenvalue weighted by Gasteiger charge is 2.19. The predicted molar refractivity (Wildman–Crippen MR) is 98.4 cm³/mol. The van der Waals surface area contributed by atoms with Gasteiger partial charge in [-0.05, 0) is 30.2 Å². The fraction of sp³-hybridized carbons (Fsp3) is 0.368. The van der Waals surface area contributed by atoms with Gasteiger partial charge in [0.2, 0.25) is 0 Å². The van der Waals surface area contributed by atoms with E-state index in [4.69, 9.17) is 5.73 Å². The molecule has 2 aliphatic rings. The van der Waals surface area contributed by atoms with Gasteiger partial charge in [-0.15, -0.1) is 0 Å². The van der Waals surface area contributed by atoms with E-state index in [-0.39, 0.29) is 0 Å². The Morgan fingerprint density at radius 2 is 2.17 bits per heavy atom. The van der Waals surface area contributed by atoms with Crippen LogP contribution in [0.5, 0.6) is 0 Å². The molecule has 23 heavy (non-hydrogen) atoms. The van der Waals surface area contributed by atoms with Crippen LogP contribution >= 0.6 is 0 Å². The van der Waals surface area contributed by atoms with E-state index < -0.39 is 0 Å². The maximum atomic E-state index is 5.91. The van der Waals surface area contributed by atoms with Crippen molar-refractivity contribution in [2.45, 2.75) is 25.3 Å². The molecule has 4 nitrogen and oxygen atoms in total. The zero-order valence-electron chi connectivity index (χ0n) is 13.7. The molecule has 1 aromatic carbocycles. The second kappa shape index (κ2) is 6.92. The summed E-state index contributed by atoms with van der Waals surface area (Å²) < 4.78 is 0. The number of anilines is 1. The molecule has 0 amide bonds. The lowest BCUT2D eigenvalue weighted by Crippen LogP contribution is -2.52. The summed E-state index contributed by atoms with van der Waals surface area (Å²) in [4.78, 5) is 0. The quantitative estimate of drug-likeness (QED) is 0.662. The van der Waals surface area contributed by atoms with Crippen molar-refractivity contribution in [1.82, 2.24) is 10.6 Å². The Kier molecular flexibility index (Phi) is 4.72. The van der Waals surface area contributed by atoms with Gasteiger partial charge >= 0.3 is 0 Å². The number of benzene rings is 1. The Balaban J connectivity index is 2.07. The molecule has 2 heterocycles. The summed E-state index contributed by atoms with van der Waals surface area (Å²) in [6, 6.07) is 4.98. The van der Waals surface area contributed by atoms with Crippen molar-refractivity contribution >= 4 is 18.0 Å². The number of hydrogen-bond acceptors (Lipinski definition) is 4. The third-order valence-electron chi connectivity index (χ3n) is 4.58. The van der Waals surface area contributed by atoms with Gasteiger partial charge in [0.15, 0.2) is 0 Å². The maximum absolute atomic E-state index is 5.91. The van der Waals surface area contributed by atoms with E-state index in [1.54, 1.807) is 6.20 Å². The molecule has 0 saturated carbocycles. The van der Waals surface area contributed by atoms with Crippen molar-refractivity contribution in [2.24, 2.45) is 5.73 Å². The third-order valence-corrected chi connectivity index (χ3v) is 4.58. The van der Waals surface area contributed by atoms with Gasteiger partial charge in [-0.2, -0.15) is 0 Å². The topological polar surface area (TPSA) is 62.1 Å². The number of allylic oxidation sites excluding steroid dienone is 3. The zero-order valence-corrected chi connectivity index (χ0v) is 13.7. The number of rotatable bonds is 4. The van der Waals surface area contributed by atoms with Gasteiger partial charge in [0.1, 0.15) is 0 Å². The van der Waals surface area contributed by atoms with Crippen LogP contribution in [0.15, 0.2) is 36.6 Å². The average Bonchev–Trinajstić information content (AvgIpc) is 2.51. The molecule has 0 aliphatic carbocycles. The van der Waals surface area contributed by atoms with Crippen molar-refractivity contribution < 1.29 is 0 Å². The molecular weight excluding hydrogens is 284 g/mol. The van der Waals surface area contributed by atoms with Crippen molar-refractivity contribution in [1.29, 1.82) is 0 Å². The summed E-state index contributed by atoms with van der Waals surface area (Å²) in [6.45, 7) is 8.99. The van der Waals surface area contributed by atoms with Crippen LogP contribution in [0.4, 0.5) is 5.69 Å². The van der Waals surface area contributed by atoms with E-state index in [1.165, 1.54) is 11.3 Å². The predicted octanol–water partition coefficient (Wildman–Crippen LogP) is 0.714. The normalized spacial score (nSPS) is 23.0. The van der Waals surface area contributed by atoms with Gasteiger partial charge < -0.3 is 21.7 Å². The molecule has 1 unspecified atom stereocenters. The molecule has 0 spiro atoms. The Morgan fingerprint density at radius 1 is 1.35 bits per heavy atom. The molecule has 0 radical (unpaired) electrons. The molecule has 1 saturated heterocycles. The highest BCUT2D eigenvalue weighted by molar-refractivity contribution is 5.56. The minimum absolute atomic E-state index is 0.445. The summed E-state index contributed by atoms with van der Waals surface area (Å²) in [7, 11) is 0. The van der Waals surface area contributed by atoms with E-state index in [2.05, 4.69) is 47.7 Å². The van der Waals surface area contributed by atoms with Gasteiger partial charge in [0.05, 0.1) is 6.04 Å². The van der Waals surface area contributed by atoms with Crippen LogP contribution < -0.4 is 32.1 Å². The monoisotopic (exact) mass is 310 g/mol. The maximum Gasteiger partial charge on any atom is 0.0510 e. The average molecular weight is 310 g/mol. The Morgan fingerprint density at radius 3 is 2.78 bits per heavy atom. The van der Waals surface area contributed by atoms with Crippen LogP contribution in [-0.2, 0) is 0 Å². The number of hydrogen-bond donors (Lipinski definition) is 4. The van der Waals surface area contributed by atoms with Gasteiger partial charge in [-0.3, -0.25) is 0 Å². The molecule has 5 N–H and O–H groups in total. The lowest BCUT2D eigenvalue weighted by molar-refractivity contribution is 0.472. The van der Waals surface area contributed by atoms with Crippen LogP contribution in [-0.4, -0.2) is 25.7 Å². The fourth-order valence-electron chi connectivity index (χ4n) is 3.23. The summed E-state index contributed by atoms with van der Waals surface area (Å²) in [5, 5.41) is 12.5. The summed E-state index contributed by atoms with van der Waals surface area (Å²) >= 11 is 0. The van der Waals surface area contributed by atoms with E-state index in [1.807, 2.05) is 12.2 Å². The molecule has 1 atom stereocenters. The highest BCUT2D eigenvalue weighted by atomic mass is 15.1. The standard InChI is InChI=1S/C19H26N4/c1-3-4-15-8-16(14-5-6-22-13(2)7-14)9-19(18(15)10-20)23-17-11-21-12-17/h3-4,7-10,14,17,21-23H,1,5-6,11-12,20H2,2H3/b15-4-,18-10+. The number of nitrogens with two attached hydrogens (primary N) is 1. The molecule has 1 aromatic rings. The minimum Gasteiger partial charge on any atom is -0.404 e. The first-order chi connectivity index (χ1) is 11.2. The van der Waals surface area contributed by atoms with Gasteiger partial charge in [0, 0.05) is 48.4 Å². The molecule has 3 rings (SSSR count). The van der Waals surface area contributed by atoms with Crippen LogP contribution in [0.25, 0.3) is 12.3 Å². The van der Waals surface area contributed by atoms with E-state index in [0.29, 0.717) is 12.0 Å². The lowest BCUT2D eigenvalue weighted by atomic mass is 9.91. The molecular formula is C19H26N4. The molecule has 2 aliphatic heterocycles. The first-order valence-electron chi connectivity index (χ1n) is 8.29. The summed E-state index contributed by atoms with van der Waals surface area (Å²) in [5.41, 5.74) is 9.62. The molecule has 0 bridgehead atoms. The van der Waals surface area contributed by atoms with Gasteiger partial charge in [0.25, 0.3) is 0 Å². The molecule has 122 valence electrons. The number of nitrogens with one attached hydrogen (secondary N) is 3.